The molecule has 0 fully saturated rings. The molecule has 2 nitrogen and oxygen atoms in total. The summed E-state index contributed by atoms with van der Waals surface area (Å²) in [5, 5.41) is 0. The van der Waals surface area contributed by atoms with Gasteiger partial charge in [0.05, 0.1) is 6.54 Å². The van der Waals surface area contributed by atoms with Crippen LogP contribution in [0, 0.1) is 5.41 Å². The largest absolute Gasteiger partial charge is 0.250 e. The lowest BCUT2D eigenvalue weighted by Gasteiger charge is -2.14. The van der Waals surface area contributed by atoms with Gasteiger partial charge in [-0.05, 0) is 5.41 Å². The van der Waals surface area contributed by atoms with Gasteiger partial charge in [0.1, 0.15) is 12.4 Å². The van der Waals surface area contributed by atoms with Crippen LogP contribution in [0.4, 0.5) is 0 Å². The molecule has 0 saturated heterocycles. The Labute approximate surface area is 61.9 Å². The fourth-order valence-corrected chi connectivity index (χ4v) is 0.967. The molecule has 0 bridgehead atoms. The Morgan fingerprint density at radius 3 is 2.50 bits per heavy atom. The zero-order chi connectivity index (χ0) is 7.61. The molecular formula is C8H15N2+. The van der Waals surface area contributed by atoms with E-state index >= 15 is 0 Å². The van der Waals surface area contributed by atoms with E-state index < -0.39 is 0 Å². The van der Waals surface area contributed by atoms with Crippen molar-refractivity contribution in [3.8, 4) is 0 Å². The van der Waals surface area contributed by atoms with Gasteiger partial charge in [0.2, 0.25) is 6.33 Å². The fraction of sp³-hybridized carbons (Fsp3) is 0.625. The van der Waals surface area contributed by atoms with Gasteiger partial charge in [-0.3, -0.25) is 4.98 Å². The summed E-state index contributed by atoms with van der Waals surface area (Å²) in [5.41, 5.74) is 0.368. The number of H-pyrrole nitrogens is 1. The third-order valence-electron chi connectivity index (χ3n) is 1.26. The van der Waals surface area contributed by atoms with Crippen LogP contribution in [0.2, 0.25) is 0 Å². The second-order valence-electron chi connectivity index (χ2n) is 3.84. The Balaban J connectivity index is 2.57. The molecule has 10 heavy (non-hydrogen) atoms. The lowest BCUT2D eigenvalue weighted by Crippen LogP contribution is -2.37. The number of imidazole rings is 1. The molecule has 1 aromatic heterocycles. The average Bonchev–Trinajstić information content (AvgIpc) is 2.12. The van der Waals surface area contributed by atoms with Crippen LogP contribution in [0.1, 0.15) is 20.8 Å². The molecule has 1 heterocycles. The van der Waals surface area contributed by atoms with Crippen LogP contribution in [0.15, 0.2) is 18.7 Å². The Morgan fingerprint density at radius 1 is 1.40 bits per heavy atom. The van der Waals surface area contributed by atoms with Gasteiger partial charge in [-0.2, -0.15) is 0 Å². The number of nitrogens with one attached hydrogen (secondary N) is 1. The van der Waals surface area contributed by atoms with Gasteiger partial charge in [0, 0.05) is 0 Å². The Hall–Kier alpha value is -0.790. The number of hydrogen-bond donors (Lipinski definition) is 1. The highest BCUT2D eigenvalue weighted by atomic mass is 15.0. The molecule has 0 spiro atoms. The van der Waals surface area contributed by atoms with Gasteiger partial charge < -0.3 is 0 Å². The second kappa shape index (κ2) is 2.45. The first-order valence-electron chi connectivity index (χ1n) is 3.60. The van der Waals surface area contributed by atoms with Crippen LogP contribution in [0.5, 0.6) is 0 Å². The average molecular weight is 139 g/mol. The van der Waals surface area contributed by atoms with Crippen LogP contribution < -0.4 is 4.57 Å². The first-order valence-corrected chi connectivity index (χ1v) is 3.60. The zero-order valence-corrected chi connectivity index (χ0v) is 6.89. The van der Waals surface area contributed by atoms with E-state index in [0.717, 1.165) is 6.54 Å². The normalized spacial score (nSPS) is 11.9. The number of aromatic nitrogens is 2. The van der Waals surface area contributed by atoms with Crippen LogP contribution in [-0.4, -0.2) is 4.98 Å². The third kappa shape index (κ3) is 2.21. The van der Waals surface area contributed by atoms with E-state index in [0.29, 0.717) is 5.41 Å². The highest BCUT2D eigenvalue weighted by molar-refractivity contribution is 4.59. The Morgan fingerprint density at radius 2 is 2.10 bits per heavy atom. The molecule has 1 rings (SSSR count). The number of nitrogens with zero attached hydrogens (tertiary/aromatic N) is 1. The molecule has 0 radical (unpaired) electrons. The van der Waals surface area contributed by atoms with E-state index in [9.17, 15) is 0 Å². The highest BCUT2D eigenvalue weighted by Crippen LogP contribution is 2.11. The maximum absolute atomic E-state index is 3.02. The van der Waals surface area contributed by atoms with Crippen LogP contribution in [0.3, 0.4) is 0 Å². The van der Waals surface area contributed by atoms with Crippen molar-refractivity contribution >= 4 is 0 Å². The van der Waals surface area contributed by atoms with Gasteiger partial charge in [0.25, 0.3) is 0 Å². The van der Waals surface area contributed by atoms with Crippen molar-refractivity contribution in [1.82, 2.24) is 4.98 Å². The van der Waals surface area contributed by atoms with E-state index in [1.807, 2.05) is 18.7 Å². The summed E-state index contributed by atoms with van der Waals surface area (Å²) in [6.45, 7) is 7.75. The fourth-order valence-electron chi connectivity index (χ4n) is 0.967. The van der Waals surface area contributed by atoms with Crippen molar-refractivity contribution in [2.24, 2.45) is 5.41 Å². The summed E-state index contributed by atoms with van der Waals surface area (Å²) in [6, 6.07) is 0. The van der Waals surface area contributed by atoms with Crippen LogP contribution >= 0.6 is 0 Å². The van der Waals surface area contributed by atoms with Crippen molar-refractivity contribution in [3.63, 3.8) is 0 Å². The second-order valence-corrected chi connectivity index (χ2v) is 3.84. The zero-order valence-electron chi connectivity index (χ0n) is 6.89. The topological polar surface area (TPSA) is 19.7 Å². The van der Waals surface area contributed by atoms with E-state index in [4.69, 9.17) is 0 Å². The molecule has 2 heteroatoms. The van der Waals surface area contributed by atoms with Gasteiger partial charge in [0.15, 0.2) is 0 Å². The van der Waals surface area contributed by atoms with Crippen molar-refractivity contribution in [2.45, 2.75) is 27.3 Å². The minimum atomic E-state index is 0.368. The molecule has 0 saturated carbocycles. The molecule has 0 aliphatic rings. The number of aromatic amines is 1. The molecule has 0 aromatic carbocycles. The van der Waals surface area contributed by atoms with Gasteiger partial charge in [-0.1, -0.05) is 20.8 Å². The minimum absolute atomic E-state index is 0.368. The minimum Gasteiger partial charge on any atom is -0.250 e. The van der Waals surface area contributed by atoms with Gasteiger partial charge in [-0.15, -0.1) is 0 Å². The quantitative estimate of drug-likeness (QED) is 0.567. The van der Waals surface area contributed by atoms with Gasteiger partial charge >= 0.3 is 0 Å². The molecule has 0 amide bonds. The summed E-state index contributed by atoms with van der Waals surface area (Å²) >= 11 is 0. The molecule has 0 aliphatic carbocycles. The van der Waals surface area contributed by atoms with Crippen molar-refractivity contribution < 1.29 is 4.57 Å². The van der Waals surface area contributed by atoms with Crippen LogP contribution in [0.25, 0.3) is 0 Å². The van der Waals surface area contributed by atoms with Gasteiger partial charge in [-0.25, -0.2) is 4.57 Å². The first kappa shape index (κ1) is 7.32. The first-order chi connectivity index (χ1) is 4.58. The predicted molar refractivity (Wildman–Crippen MR) is 40.4 cm³/mol. The predicted octanol–water partition coefficient (Wildman–Crippen LogP) is 1.35. The maximum Gasteiger partial charge on any atom is 0.241 e. The molecule has 56 valence electrons. The molecule has 1 N–H and O–H groups in total. The van der Waals surface area contributed by atoms with E-state index in [2.05, 4.69) is 30.3 Å². The molecule has 0 atom stereocenters. The number of rotatable bonds is 1. The van der Waals surface area contributed by atoms with E-state index in [1.54, 1.807) is 0 Å². The summed E-state index contributed by atoms with van der Waals surface area (Å²) < 4.78 is 2.15. The van der Waals surface area contributed by atoms with Crippen molar-refractivity contribution in [2.75, 3.05) is 0 Å². The lowest BCUT2D eigenvalue weighted by atomic mass is 9.97. The van der Waals surface area contributed by atoms with E-state index in [-0.39, 0.29) is 0 Å². The summed E-state index contributed by atoms with van der Waals surface area (Å²) in [6.07, 6.45) is 5.96. The Bertz CT molecular complexity index is 182. The lowest BCUT2D eigenvalue weighted by molar-refractivity contribution is -0.706. The smallest absolute Gasteiger partial charge is 0.241 e. The number of hydrogen-bond acceptors (Lipinski definition) is 0. The van der Waals surface area contributed by atoms with Crippen molar-refractivity contribution in [1.29, 1.82) is 0 Å². The SMILES string of the molecule is CC(C)(C)C[n+]1cc[nH]c1. The molecule has 0 unspecified atom stereocenters. The molecule has 0 aliphatic heterocycles. The summed E-state index contributed by atoms with van der Waals surface area (Å²) in [7, 11) is 0. The van der Waals surface area contributed by atoms with E-state index in [1.165, 1.54) is 0 Å². The molecular weight excluding hydrogens is 124 g/mol. The maximum atomic E-state index is 3.02. The third-order valence-corrected chi connectivity index (χ3v) is 1.26. The standard InChI is InChI=1S/C8H14N2/c1-8(2,3)6-10-5-4-9-7-10/h4-5,7H,6H2,1-3H3/p+1. The summed E-state index contributed by atoms with van der Waals surface area (Å²) in [4.78, 5) is 3.02. The summed E-state index contributed by atoms with van der Waals surface area (Å²) in [5.74, 6) is 0. The van der Waals surface area contributed by atoms with Crippen LogP contribution in [-0.2, 0) is 6.54 Å². The highest BCUT2D eigenvalue weighted by Gasteiger charge is 2.13. The Kier molecular flexibility index (Phi) is 1.79. The monoisotopic (exact) mass is 139 g/mol. The molecule has 1 aromatic rings. The van der Waals surface area contributed by atoms with Crippen molar-refractivity contribution in [3.05, 3.63) is 18.7 Å².